The first kappa shape index (κ1) is 14.6. The molecule has 0 aliphatic rings. The largest absolute Gasteiger partial charge is 0.310 e. The monoisotopic (exact) mass is 292 g/mol. The smallest absolute Gasteiger partial charge is 0.103 e. The maximum absolute atomic E-state index is 4.48. The average Bonchev–Trinajstić information content (AvgIpc) is 2.84. The van der Waals surface area contributed by atoms with Gasteiger partial charge < -0.3 is 5.32 Å². The van der Waals surface area contributed by atoms with Gasteiger partial charge in [0.15, 0.2) is 0 Å². The van der Waals surface area contributed by atoms with Gasteiger partial charge in [-0.15, -0.1) is 23.1 Å². The average molecular weight is 292 g/mol. The number of nitrogens with one attached hydrogen (secondary N) is 1. The summed E-state index contributed by atoms with van der Waals surface area (Å²) < 4.78 is 0. The number of aryl methyl sites for hydroxylation is 1. The van der Waals surface area contributed by atoms with Crippen molar-refractivity contribution in [2.45, 2.75) is 44.0 Å². The van der Waals surface area contributed by atoms with Crippen molar-refractivity contribution in [1.29, 1.82) is 0 Å². The van der Waals surface area contributed by atoms with Gasteiger partial charge in [-0.05, 0) is 19.1 Å². The Morgan fingerprint density at radius 2 is 2.00 bits per heavy atom. The summed E-state index contributed by atoms with van der Waals surface area (Å²) in [4.78, 5) is 7.11. The molecule has 102 valence electrons. The Hall–Kier alpha value is -0.840. The Balaban J connectivity index is 1.84. The molecule has 2 rings (SSSR count). The molecule has 0 spiro atoms. The van der Waals surface area contributed by atoms with Crippen LogP contribution in [0, 0.1) is 6.92 Å². The number of hydrogen-bond acceptors (Lipinski definition) is 4. The predicted octanol–water partition coefficient (Wildman–Crippen LogP) is 4.24. The zero-order valence-corrected chi connectivity index (χ0v) is 13.3. The lowest BCUT2D eigenvalue weighted by atomic mass is 10.2. The Bertz CT molecular complexity index is 503. The van der Waals surface area contributed by atoms with Crippen molar-refractivity contribution in [1.82, 2.24) is 10.3 Å². The van der Waals surface area contributed by atoms with Crippen LogP contribution in [-0.4, -0.2) is 11.0 Å². The van der Waals surface area contributed by atoms with Crippen molar-refractivity contribution >= 4 is 23.1 Å². The SMILES string of the molecule is Cc1ccc(SCc2ncc(CNC(C)C)s2)cc1. The Labute approximate surface area is 123 Å². The van der Waals surface area contributed by atoms with Crippen molar-refractivity contribution in [2.24, 2.45) is 0 Å². The van der Waals surface area contributed by atoms with E-state index in [1.165, 1.54) is 20.3 Å². The van der Waals surface area contributed by atoms with Gasteiger partial charge >= 0.3 is 0 Å². The first-order chi connectivity index (χ1) is 9.13. The van der Waals surface area contributed by atoms with Crippen LogP contribution in [0.1, 0.15) is 29.3 Å². The molecule has 1 aromatic carbocycles. The maximum Gasteiger partial charge on any atom is 0.103 e. The third-order valence-corrected chi connectivity index (χ3v) is 4.87. The Morgan fingerprint density at radius 3 is 2.68 bits per heavy atom. The summed E-state index contributed by atoms with van der Waals surface area (Å²) >= 11 is 3.65. The van der Waals surface area contributed by atoms with Crippen LogP contribution in [0.25, 0.3) is 0 Å². The van der Waals surface area contributed by atoms with Crippen LogP contribution in [0.4, 0.5) is 0 Å². The molecule has 0 atom stereocenters. The van der Waals surface area contributed by atoms with E-state index in [9.17, 15) is 0 Å². The van der Waals surface area contributed by atoms with E-state index in [2.05, 4.69) is 55.3 Å². The minimum atomic E-state index is 0.521. The molecule has 0 aliphatic heterocycles. The quantitative estimate of drug-likeness (QED) is 0.806. The fourth-order valence-electron chi connectivity index (χ4n) is 1.58. The molecule has 2 nitrogen and oxygen atoms in total. The van der Waals surface area contributed by atoms with Gasteiger partial charge in [0.05, 0.1) is 5.75 Å². The fourth-order valence-corrected chi connectivity index (χ4v) is 3.36. The van der Waals surface area contributed by atoms with Crippen LogP contribution < -0.4 is 5.32 Å². The minimum Gasteiger partial charge on any atom is -0.310 e. The standard InChI is InChI=1S/C15H20N2S2/c1-11(2)16-8-14-9-17-15(19-14)10-18-13-6-4-12(3)5-7-13/h4-7,9,11,16H,8,10H2,1-3H3. The number of benzene rings is 1. The van der Waals surface area contributed by atoms with Gasteiger partial charge in [-0.2, -0.15) is 0 Å². The minimum absolute atomic E-state index is 0.521. The predicted molar refractivity (Wildman–Crippen MR) is 84.8 cm³/mol. The Morgan fingerprint density at radius 1 is 1.26 bits per heavy atom. The Kier molecular flexibility index (Phi) is 5.43. The third kappa shape index (κ3) is 4.97. The van der Waals surface area contributed by atoms with Crippen molar-refractivity contribution in [2.75, 3.05) is 0 Å². The number of nitrogens with zero attached hydrogens (tertiary/aromatic N) is 1. The molecular formula is C15H20N2S2. The number of hydrogen-bond donors (Lipinski definition) is 1. The molecule has 0 aliphatic carbocycles. The lowest BCUT2D eigenvalue weighted by Crippen LogP contribution is -2.21. The molecule has 0 saturated heterocycles. The van der Waals surface area contributed by atoms with Gasteiger partial charge in [0.2, 0.25) is 0 Å². The van der Waals surface area contributed by atoms with E-state index in [4.69, 9.17) is 0 Å². The van der Waals surface area contributed by atoms with E-state index in [1.807, 2.05) is 18.0 Å². The summed E-state index contributed by atoms with van der Waals surface area (Å²) in [6.45, 7) is 7.36. The first-order valence-corrected chi connectivity index (χ1v) is 8.30. The van der Waals surface area contributed by atoms with Crippen LogP contribution >= 0.6 is 23.1 Å². The summed E-state index contributed by atoms with van der Waals surface area (Å²) in [6, 6.07) is 9.18. The van der Waals surface area contributed by atoms with Crippen molar-refractivity contribution < 1.29 is 0 Å². The number of aromatic nitrogens is 1. The molecular weight excluding hydrogens is 272 g/mol. The second-order valence-corrected chi connectivity index (χ2v) is 7.11. The number of rotatable bonds is 6. The van der Waals surface area contributed by atoms with Crippen LogP contribution in [0.3, 0.4) is 0 Å². The highest BCUT2D eigenvalue weighted by molar-refractivity contribution is 7.98. The number of thioether (sulfide) groups is 1. The molecule has 1 heterocycles. The van der Waals surface area contributed by atoms with Crippen LogP contribution in [0.15, 0.2) is 35.4 Å². The van der Waals surface area contributed by atoms with E-state index in [0.29, 0.717) is 6.04 Å². The lowest BCUT2D eigenvalue weighted by Gasteiger charge is -2.04. The van der Waals surface area contributed by atoms with E-state index >= 15 is 0 Å². The fraction of sp³-hybridized carbons (Fsp3) is 0.400. The number of thiazole rings is 1. The summed E-state index contributed by atoms with van der Waals surface area (Å²) in [5, 5.41) is 4.62. The molecule has 19 heavy (non-hydrogen) atoms. The zero-order chi connectivity index (χ0) is 13.7. The second kappa shape index (κ2) is 7.08. The molecule has 0 bridgehead atoms. The van der Waals surface area contributed by atoms with E-state index in [0.717, 1.165) is 12.3 Å². The third-order valence-electron chi connectivity index (χ3n) is 2.67. The summed E-state index contributed by atoms with van der Waals surface area (Å²) in [5.41, 5.74) is 1.31. The van der Waals surface area contributed by atoms with Crippen LogP contribution in [0.2, 0.25) is 0 Å². The molecule has 0 radical (unpaired) electrons. The lowest BCUT2D eigenvalue weighted by molar-refractivity contribution is 0.593. The zero-order valence-electron chi connectivity index (χ0n) is 11.6. The maximum atomic E-state index is 4.48. The van der Waals surface area contributed by atoms with Crippen molar-refractivity contribution in [3.05, 3.63) is 45.9 Å². The van der Waals surface area contributed by atoms with Gasteiger partial charge in [0.25, 0.3) is 0 Å². The molecule has 1 aromatic heterocycles. The molecule has 1 N–H and O–H groups in total. The summed E-state index contributed by atoms with van der Waals surface area (Å²) in [7, 11) is 0. The highest BCUT2D eigenvalue weighted by atomic mass is 32.2. The molecule has 0 saturated carbocycles. The second-order valence-electron chi connectivity index (χ2n) is 4.86. The van der Waals surface area contributed by atoms with Crippen LogP contribution in [0.5, 0.6) is 0 Å². The summed E-state index contributed by atoms with van der Waals surface area (Å²) in [6.07, 6.45) is 1.99. The highest BCUT2D eigenvalue weighted by Gasteiger charge is 2.03. The molecule has 0 fully saturated rings. The topological polar surface area (TPSA) is 24.9 Å². The van der Waals surface area contributed by atoms with Crippen LogP contribution in [-0.2, 0) is 12.3 Å². The van der Waals surface area contributed by atoms with E-state index < -0.39 is 0 Å². The summed E-state index contributed by atoms with van der Waals surface area (Å²) in [5.74, 6) is 0.954. The van der Waals surface area contributed by atoms with E-state index in [-0.39, 0.29) is 0 Å². The van der Waals surface area contributed by atoms with Gasteiger partial charge in [-0.1, -0.05) is 31.5 Å². The van der Waals surface area contributed by atoms with Gasteiger partial charge in [-0.25, -0.2) is 4.98 Å². The molecule has 4 heteroatoms. The molecule has 2 aromatic rings. The molecule has 0 unspecified atom stereocenters. The molecule has 0 amide bonds. The van der Waals surface area contributed by atoms with Gasteiger partial charge in [0, 0.05) is 28.6 Å². The highest BCUT2D eigenvalue weighted by Crippen LogP contribution is 2.25. The van der Waals surface area contributed by atoms with Gasteiger partial charge in [0.1, 0.15) is 5.01 Å². The van der Waals surface area contributed by atoms with Gasteiger partial charge in [-0.3, -0.25) is 0 Å². The van der Waals surface area contributed by atoms with Crippen molar-refractivity contribution in [3.8, 4) is 0 Å². The van der Waals surface area contributed by atoms with Crippen molar-refractivity contribution in [3.63, 3.8) is 0 Å². The normalized spacial score (nSPS) is 11.2. The van der Waals surface area contributed by atoms with E-state index in [1.54, 1.807) is 11.3 Å². The first-order valence-electron chi connectivity index (χ1n) is 6.50.